The van der Waals surface area contributed by atoms with E-state index in [1.54, 1.807) is 13.0 Å². The Morgan fingerprint density at radius 1 is 1.25 bits per heavy atom. The van der Waals surface area contributed by atoms with Crippen LogP contribution in [0.1, 0.15) is 39.4 Å². The summed E-state index contributed by atoms with van der Waals surface area (Å²) >= 11 is 0. The molecule has 16 heavy (non-hydrogen) atoms. The second-order valence-corrected chi connectivity index (χ2v) is 4.68. The lowest BCUT2D eigenvalue weighted by Crippen LogP contribution is -2.21. The number of benzene rings is 1. The summed E-state index contributed by atoms with van der Waals surface area (Å²) in [7, 11) is 0. The number of rotatable bonds is 3. The number of hydrogen-bond acceptors (Lipinski definition) is 4. The molecule has 4 heteroatoms. The van der Waals surface area contributed by atoms with Crippen LogP contribution in [0.5, 0.6) is 11.5 Å². The Balaban J connectivity index is 2.87. The Morgan fingerprint density at radius 2 is 1.88 bits per heavy atom. The zero-order valence-electron chi connectivity index (χ0n) is 10.0. The van der Waals surface area contributed by atoms with Crippen LogP contribution in [0.15, 0.2) is 18.2 Å². The van der Waals surface area contributed by atoms with E-state index < -0.39 is 11.7 Å². The number of aliphatic hydroxyl groups excluding tert-OH is 1. The van der Waals surface area contributed by atoms with Crippen LogP contribution in [0.2, 0.25) is 0 Å². The summed E-state index contributed by atoms with van der Waals surface area (Å²) < 4.78 is 0. The molecule has 4 nitrogen and oxygen atoms in total. The summed E-state index contributed by atoms with van der Waals surface area (Å²) in [5, 5.41) is 18.8. The zero-order chi connectivity index (χ0) is 12.3. The van der Waals surface area contributed by atoms with E-state index in [0.717, 1.165) is 0 Å². The van der Waals surface area contributed by atoms with Gasteiger partial charge in [0, 0.05) is 5.56 Å². The quantitative estimate of drug-likeness (QED) is 0.614. The second-order valence-electron chi connectivity index (χ2n) is 4.68. The maximum absolute atomic E-state index is 9.51. The molecule has 1 atom stereocenters. The SMILES string of the molecule is CC(O)c1cc(O)ccc1OOC(C)(C)C. The molecule has 1 rings (SSSR count). The second kappa shape index (κ2) is 4.72. The fourth-order valence-corrected chi connectivity index (χ4v) is 1.11. The molecule has 0 aliphatic rings. The van der Waals surface area contributed by atoms with Crippen LogP contribution >= 0.6 is 0 Å². The van der Waals surface area contributed by atoms with Crippen molar-refractivity contribution in [3.05, 3.63) is 23.8 Å². The fraction of sp³-hybridized carbons (Fsp3) is 0.500. The summed E-state index contributed by atoms with van der Waals surface area (Å²) in [6.45, 7) is 7.17. The Bertz CT molecular complexity index is 353. The normalized spacial score (nSPS) is 13.6. The van der Waals surface area contributed by atoms with Gasteiger partial charge in [0.25, 0.3) is 0 Å². The largest absolute Gasteiger partial charge is 0.508 e. The van der Waals surface area contributed by atoms with Gasteiger partial charge in [-0.2, -0.15) is 4.89 Å². The number of hydrogen-bond donors (Lipinski definition) is 2. The standard InChI is InChI=1S/C12H18O4/c1-8(13)10-7-9(14)5-6-11(10)15-16-12(2,3)4/h5-8,13-14H,1-4H3. The van der Waals surface area contributed by atoms with Crippen LogP contribution in [0.3, 0.4) is 0 Å². The molecule has 0 spiro atoms. The number of phenols is 1. The summed E-state index contributed by atoms with van der Waals surface area (Å²) in [5.41, 5.74) is 0.0534. The van der Waals surface area contributed by atoms with Gasteiger partial charge in [-0.15, -0.1) is 0 Å². The summed E-state index contributed by atoms with van der Waals surface area (Å²) in [6, 6.07) is 4.49. The highest BCUT2D eigenvalue weighted by atomic mass is 17.2. The van der Waals surface area contributed by atoms with Gasteiger partial charge in [0.2, 0.25) is 0 Å². The average molecular weight is 226 g/mol. The predicted octanol–water partition coefficient (Wildman–Crippen LogP) is 2.55. The van der Waals surface area contributed by atoms with Gasteiger partial charge in [0.15, 0.2) is 5.75 Å². The molecule has 90 valence electrons. The maximum Gasteiger partial charge on any atom is 0.171 e. The van der Waals surface area contributed by atoms with Gasteiger partial charge in [-0.3, -0.25) is 0 Å². The molecule has 0 amide bonds. The minimum atomic E-state index is -0.731. The van der Waals surface area contributed by atoms with Gasteiger partial charge in [-0.25, -0.2) is 0 Å². The molecule has 0 saturated heterocycles. The van der Waals surface area contributed by atoms with Gasteiger partial charge in [0.05, 0.1) is 6.10 Å². The van der Waals surface area contributed by atoms with Crippen molar-refractivity contribution in [1.82, 2.24) is 0 Å². The van der Waals surface area contributed by atoms with Crippen molar-refractivity contribution >= 4 is 0 Å². The molecule has 0 saturated carbocycles. The van der Waals surface area contributed by atoms with Crippen LogP contribution in [0.4, 0.5) is 0 Å². The third kappa shape index (κ3) is 3.72. The molecule has 0 aliphatic carbocycles. The minimum absolute atomic E-state index is 0.0824. The Kier molecular flexibility index (Phi) is 3.78. The maximum atomic E-state index is 9.51. The molecule has 0 aromatic heterocycles. The molecule has 0 heterocycles. The molecule has 0 radical (unpaired) electrons. The fourth-order valence-electron chi connectivity index (χ4n) is 1.11. The number of aliphatic hydroxyl groups is 1. The Hall–Kier alpha value is -1.26. The monoisotopic (exact) mass is 226 g/mol. The van der Waals surface area contributed by atoms with E-state index in [-0.39, 0.29) is 5.75 Å². The molecule has 0 aliphatic heterocycles. The first-order valence-corrected chi connectivity index (χ1v) is 5.16. The van der Waals surface area contributed by atoms with Crippen LogP contribution in [0, 0.1) is 0 Å². The van der Waals surface area contributed by atoms with E-state index in [1.165, 1.54) is 12.1 Å². The topological polar surface area (TPSA) is 58.9 Å². The third-order valence-electron chi connectivity index (χ3n) is 1.82. The van der Waals surface area contributed by atoms with Gasteiger partial charge < -0.3 is 15.1 Å². The molecule has 0 bridgehead atoms. The predicted molar refractivity (Wildman–Crippen MR) is 60.2 cm³/mol. The van der Waals surface area contributed by atoms with Gasteiger partial charge >= 0.3 is 0 Å². The van der Waals surface area contributed by atoms with Crippen LogP contribution in [-0.4, -0.2) is 15.8 Å². The Labute approximate surface area is 95.4 Å². The number of aromatic hydroxyl groups is 1. The van der Waals surface area contributed by atoms with Crippen molar-refractivity contribution in [3.8, 4) is 11.5 Å². The van der Waals surface area contributed by atoms with Crippen LogP contribution in [-0.2, 0) is 4.89 Å². The van der Waals surface area contributed by atoms with Crippen molar-refractivity contribution in [2.75, 3.05) is 0 Å². The molecular formula is C12H18O4. The summed E-state index contributed by atoms with van der Waals surface area (Å²) in [4.78, 5) is 10.3. The van der Waals surface area contributed by atoms with E-state index >= 15 is 0 Å². The lowest BCUT2D eigenvalue weighted by molar-refractivity contribution is -0.275. The molecule has 1 aromatic rings. The van der Waals surface area contributed by atoms with Crippen molar-refractivity contribution in [2.24, 2.45) is 0 Å². The first-order chi connectivity index (χ1) is 7.29. The lowest BCUT2D eigenvalue weighted by Gasteiger charge is -2.19. The van der Waals surface area contributed by atoms with Crippen molar-refractivity contribution in [1.29, 1.82) is 0 Å². The smallest absolute Gasteiger partial charge is 0.171 e. The molecule has 1 aromatic carbocycles. The van der Waals surface area contributed by atoms with E-state index in [1.807, 2.05) is 20.8 Å². The van der Waals surface area contributed by atoms with E-state index in [0.29, 0.717) is 11.3 Å². The van der Waals surface area contributed by atoms with Crippen LogP contribution in [0.25, 0.3) is 0 Å². The first-order valence-electron chi connectivity index (χ1n) is 5.16. The van der Waals surface area contributed by atoms with Gasteiger partial charge in [0.1, 0.15) is 11.4 Å². The van der Waals surface area contributed by atoms with Gasteiger partial charge in [-0.1, -0.05) is 0 Å². The minimum Gasteiger partial charge on any atom is -0.508 e. The molecule has 2 N–H and O–H groups in total. The average Bonchev–Trinajstić information content (AvgIpc) is 2.14. The third-order valence-corrected chi connectivity index (χ3v) is 1.82. The highest BCUT2D eigenvalue weighted by Gasteiger charge is 2.16. The van der Waals surface area contributed by atoms with E-state index in [4.69, 9.17) is 9.78 Å². The highest BCUT2D eigenvalue weighted by Crippen LogP contribution is 2.29. The number of phenolic OH excluding ortho intramolecular Hbond substituents is 1. The summed E-state index contributed by atoms with van der Waals surface area (Å²) in [6.07, 6.45) is -0.731. The van der Waals surface area contributed by atoms with Crippen molar-refractivity contribution < 1.29 is 20.0 Å². The summed E-state index contributed by atoms with van der Waals surface area (Å²) in [5.74, 6) is 0.488. The highest BCUT2D eigenvalue weighted by molar-refractivity contribution is 5.40. The first kappa shape index (κ1) is 12.8. The lowest BCUT2D eigenvalue weighted by atomic mass is 10.1. The Morgan fingerprint density at radius 3 is 2.38 bits per heavy atom. The van der Waals surface area contributed by atoms with E-state index in [9.17, 15) is 10.2 Å². The van der Waals surface area contributed by atoms with Crippen molar-refractivity contribution in [2.45, 2.75) is 39.4 Å². The molecular weight excluding hydrogens is 208 g/mol. The van der Waals surface area contributed by atoms with Crippen molar-refractivity contribution in [3.63, 3.8) is 0 Å². The van der Waals surface area contributed by atoms with Crippen LogP contribution < -0.4 is 4.89 Å². The molecule has 1 unspecified atom stereocenters. The zero-order valence-corrected chi connectivity index (χ0v) is 10.0. The van der Waals surface area contributed by atoms with E-state index in [2.05, 4.69) is 0 Å². The molecule has 0 fully saturated rings. The van der Waals surface area contributed by atoms with Gasteiger partial charge in [-0.05, 0) is 45.9 Å².